The first kappa shape index (κ1) is 7.92. The molecule has 1 atom stereocenters. The Bertz CT molecular complexity index is 78.5. The summed E-state index contributed by atoms with van der Waals surface area (Å²) in [6, 6.07) is 0. The fraction of sp³-hybridized carbons (Fsp3) is 0.800. The number of hydrogen-bond acceptors (Lipinski definition) is 2. The molecular weight excluding hydrogens is 128 g/mol. The van der Waals surface area contributed by atoms with Crippen molar-refractivity contribution < 1.29 is 9.53 Å². The third-order valence-electron chi connectivity index (χ3n) is 0.981. The number of halogens is 1. The summed E-state index contributed by atoms with van der Waals surface area (Å²) < 4.78 is 4.74. The van der Waals surface area contributed by atoms with Crippen LogP contribution < -0.4 is 0 Å². The number of carbonyl (C=O) groups is 1. The lowest BCUT2D eigenvalue weighted by Gasteiger charge is -2.16. The fourth-order valence-corrected chi connectivity index (χ4v) is 0.306. The average Bonchev–Trinajstić information content (AvgIpc) is 1.87. The van der Waals surface area contributed by atoms with Crippen molar-refractivity contribution in [3.05, 3.63) is 0 Å². The maximum atomic E-state index is 10.1. The molecule has 0 aliphatic carbocycles. The molecule has 0 amide bonds. The fourth-order valence-electron chi connectivity index (χ4n) is 0.134. The van der Waals surface area contributed by atoms with E-state index in [-0.39, 0.29) is 5.88 Å². The van der Waals surface area contributed by atoms with E-state index in [1.54, 1.807) is 6.92 Å². The lowest BCUT2D eigenvalue weighted by atomic mass is 10.2. The molecule has 0 saturated heterocycles. The van der Waals surface area contributed by atoms with Gasteiger partial charge in [0.25, 0.3) is 0 Å². The molecule has 2 nitrogen and oxygen atoms in total. The van der Waals surface area contributed by atoms with Crippen LogP contribution in [0.15, 0.2) is 0 Å². The van der Waals surface area contributed by atoms with Crippen LogP contribution in [0.1, 0.15) is 6.92 Å². The van der Waals surface area contributed by atoms with Crippen LogP contribution in [0.25, 0.3) is 0 Å². The van der Waals surface area contributed by atoms with Crippen molar-refractivity contribution in [2.45, 2.75) is 12.5 Å². The van der Waals surface area contributed by atoms with Crippen LogP contribution >= 0.6 is 11.6 Å². The van der Waals surface area contributed by atoms with Crippen LogP contribution in [0, 0.1) is 0 Å². The molecule has 0 aromatic carbocycles. The summed E-state index contributed by atoms with van der Waals surface area (Å²) in [5.74, 6) is 0.201. The average molecular weight is 137 g/mol. The van der Waals surface area contributed by atoms with E-state index >= 15 is 0 Å². The van der Waals surface area contributed by atoms with Crippen molar-refractivity contribution in [2.24, 2.45) is 0 Å². The maximum absolute atomic E-state index is 10.1. The van der Waals surface area contributed by atoms with Crippen LogP contribution in [0.5, 0.6) is 0 Å². The normalized spacial score (nSPS) is 17.4. The minimum atomic E-state index is -0.790. The van der Waals surface area contributed by atoms with E-state index in [9.17, 15) is 4.79 Å². The summed E-state index contributed by atoms with van der Waals surface area (Å²) in [5.41, 5.74) is -0.790. The van der Waals surface area contributed by atoms with Crippen molar-refractivity contribution in [1.29, 1.82) is 0 Å². The number of hydrogen-bond donors (Lipinski definition) is 0. The van der Waals surface area contributed by atoms with Gasteiger partial charge >= 0.3 is 0 Å². The molecule has 0 aliphatic heterocycles. The van der Waals surface area contributed by atoms with Crippen molar-refractivity contribution in [2.75, 3.05) is 13.0 Å². The number of ether oxygens (including phenoxy) is 1. The van der Waals surface area contributed by atoms with E-state index in [1.807, 2.05) is 0 Å². The largest absolute Gasteiger partial charge is 0.370 e. The van der Waals surface area contributed by atoms with Gasteiger partial charge in [-0.3, -0.25) is 0 Å². The first-order valence-electron chi connectivity index (χ1n) is 2.26. The second kappa shape index (κ2) is 3.05. The Morgan fingerprint density at radius 1 is 1.88 bits per heavy atom. The minimum Gasteiger partial charge on any atom is -0.370 e. The van der Waals surface area contributed by atoms with Crippen LogP contribution in [0.3, 0.4) is 0 Å². The van der Waals surface area contributed by atoms with Gasteiger partial charge in [0.05, 0.1) is 5.88 Å². The van der Waals surface area contributed by atoms with Gasteiger partial charge < -0.3 is 9.53 Å². The van der Waals surface area contributed by atoms with E-state index in [0.29, 0.717) is 6.29 Å². The Labute approximate surface area is 53.8 Å². The Kier molecular flexibility index (Phi) is 3.02. The van der Waals surface area contributed by atoms with Gasteiger partial charge in [0.2, 0.25) is 0 Å². The zero-order valence-corrected chi connectivity index (χ0v) is 5.73. The highest BCUT2D eigenvalue weighted by molar-refractivity contribution is 6.19. The first-order valence-corrected chi connectivity index (χ1v) is 2.79. The third kappa shape index (κ3) is 1.80. The van der Waals surface area contributed by atoms with Crippen molar-refractivity contribution in [3.8, 4) is 0 Å². The Morgan fingerprint density at radius 3 is 2.38 bits per heavy atom. The van der Waals surface area contributed by atoms with Gasteiger partial charge in [0.1, 0.15) is 5.60 Å². The molecule has 0 rings (SSSR count). The van der Waals surface area contributed by atoms with Crippen molar-refractivity contribution >= 4 is 17.9 Å². The predicted octanol–water partition coefficient (Wildman–Crippen LogP) is 0.829. The van der Waals surface area contributed by atoms with Crippen LogP contribution in [0.4, 0.5) is 0 Å². The minimum absolute atomic E-state index is 0.201. The summed E-state index contributed by atoms with van der Waals surface area (Å²) in [5, 5.41) is 0. The summed E-state index contributed by atoms with van der Waals surface area (Å²) in [7, 11) is 1.46. The number of rotatable bonds is 3. The topological polar surface area (TPSA) is 26.3 Å². The van der Waals surface area contributed by atoms with E-state index in [0.717, 1.165) is 0 Å². The molecule has 8 heavy (non-hydrogen) atoms. The number of aldehydes is 1. The standard InChI is InChI=1S/C5H9ClO2/c1-5(3-6,4-7)8-2/h4H,3H2,1-2H3. The summed E-state index contributed by atoms with van der Waals surface area (Å²) in [6.45, 7) is 1.63. The predicted molar refractivity (Wildman–Crippen MR) is 32.2 cm³/mol. The van der Waals surface area contributed by atoms with Crippen LogP contribution in [0.2, 0.25) is 0 Å². The van der Waals surface area contributed by atoms with Gasteiger partial charge in [-0.25, -0.2) is 0 Å². The van der Waals surface area contributed by atoms with Crippen molar-refractivity contribution in [3.63, 3.8) is 0 Å². The quantitative estimate of drug-likeness (QED) is 0.424. The van der Waals surface area contributed by atoms with E-state index in [1.165, 1.54) is 7.11 Å². The molecule has 0 bridgehead atoms. The van der Waals surface area contributed by atoms with Crippen LogP contribution in [-0.2, 0) is 9.53 Å². The molecule has 0 saturated carbocycles. The molecule has 0 N–H and O–H groups in total. The second-order valence-corrected chi connectivity index (χ2v) is 2.04. The molecule has 0 aliphatic rings. The Morgan fingerprint density at radius 2 is 2.38 bits per heavy atom. The number of alkyl halides is 1. The molecule has 3 heteroatoms. The molecule has 0 radical (unpaired) electrons. The first-order chi connectivity index (χ1) is 3.68. The highest BCUT2D eigenvalue weighted by Crippen LogP contribution is 2.05. The van der Waals surface area contributed by atoms with Crippen LogP contribution in [-0.4, -0.2) is 24.9 Å². The molecule has 0 heterocycles. The van der Waals surface area contributed by atoms with Gasteiger partial charge in [0.15, 0.2) is 6.29 Å². The molecule has 0 aromatic rings. The Balaban J connectivity index is 3.76. The van der Waals surface area contributed by atoms with E-state index in [4.69, 9.17) is 16.3 Å². The lowest BCUT2D eigenvalue weighted by Crippen LogP contribution is -2.30. The molecule has 1 unspecified atom stereocenters. The number of carbonyl (C=O) groups excluding carboxylic acids is 1. The second-order valence-electron chi connectivity index (χ2n) is 1.77. The van der Waals surface area contributed by atoms with Gasteiger partial charge in [0, 0.05) is 7.11 Å². The number of methoxy groups -OCH3 is 1. The Hall–Kier alpha value is -0.0800. The molecule has 48 valence electrons. The highest BCUT2D eigenvalue weighted by Gasteiger charge is 2.19. The SMILES string of the molecule is COC(C)(C=O)CCl. The molecule has 0 aromatic heterocycles. The van der Waals surface area contributed by atoms with Gasteiger partial charge in [-0.1, -0.05) is 0 Å². The van der Waals surface area contributed by atoms with Gasteiger partial charge in [-0.05, 0) is 6.92 Å². The molecular formula is C5H9ClO2. The van der Waals surface area contributed by atoms with Gasteiger partial charge in [-0.2, -0.15) is 0 Å². The zero-order chi connectivity index (χ0) is 6.62. The maximum Gasteiger partial charge on any atom is 0.152 e. The summed E-state index contributed by atoms with van der Waals surface area (Å²) >= 11 is 5.35. The molecule has 0 spiro atoms. The van der Waals surface area contributed by atoms with E-state index < -0.39 is 5.60 Å². The monoisotopic (exact) mass is 136 g/mol. The summed E-state index contributed by atoms with van der Waals surface area (Å²) in [6.07, 6.45) is 0.694. The highest BCUT2D eigenvalue weighted by atomic mass is 35.5. The lowest BCUT2D eigenvalue weighted by molar-refractivity contribution is -0.123. The molecule has 0 fully saturated rings. The van der Waals surface area contributed by atoms with Crippen molar-refractivity contribution in [1.82, 2.24) is 0 Å². The smallest absolute Gasteiger partial charge is 0.152 e. The summed E-state index contributed by atoms with van der Waals surface area (Å²) in [4.78, 5) is 10.1. The third-order valence-corrected chi connectivity index (χ3v) is 1.51. The van der Waals surface area contributed by atoms with Gasteiger partial charge in [-0.15, -0.1) is 11.6 Å². The zero-order valence-electron chi connectivity index (χ0n) is 4.98. The van der Waals surface area contributed by atoms with E-state index in [2.05, 4.69) is 0 Å².